The van der Waals surface area contributed by atoms with Crippen molar-refractivity contribution in [2.75, 3.05) is 0 Å². The summed E-state index contributed by atoms with van der Waals surface area (Å²) in [6, 6.07) is 15.8. The van der Waals surface area contributed by atoms with Crippen molar-refractivity contribution >= 4 is 172 Å². The van der Waals surface area contributed by atoms with Gasteiger partial charge < -0.3 is 9.79 Å². The number of hydrogen-bond acceptors (Lipinski definition) is 3. The second-order valence-corrected chi connectivity index (χ2v) is 9.76. The van der Waals surface area contributed by atoms with E-state index in [1.807, 2.05) is 55.5 Å². The van der Waals surface area contributed by atoms with E-state index in [0.29, 0.717) is 6.42 Å². The first-order chi connectivity index (χ1) is 11.6. The Labute approximate surface area is 294 Å². The maximum atomic E-state index is 11.2. The van der Waals surface area contributed by atoms with Crippen LogP contribution in [0.3, 0.4) is 0 Å². The summed E-state index contributed by atoms with van der Waals surface area (Å²) in [5, 5.41) is 0. The molecule has 2 aromatic carbocycles. The monoisotopic (exact) mass is 504 g/mol. The van der Waals surface area contributed by atoms with Gasteiger partial charge in [-0.25, -0.2) is 0 Å². The first-order valence-corrected chi connectivity index (χ1v) is 10.9. The van der Waals surface area contributed by atoms with E-state index < -0.39 is 22.7 Å². The Bertz CT molecular complexity index is 867. The Hall–Kier alpha value is 3.41. The van der Waals surface area contributed by atoms with Crippen LogP contribution in [-0.4, -0.2) is 182 Å². The predicted molar refractivity (Wildman–Crippen MR) is 118 cm³/mol. The number of rotatable bonds is 7. The van der Waals surface area contributed by atoms with Crippen LogP contribution in [0.1, 0.15) is 24.0 Å². The van der Waals surface area contributed by atoms with Gasteiger partial charge in [-0.3, -0.25) is 9.12 Å². The van der Waals surface area contributed by atoms with Crippen molar-refractivity contribution in [3.05, 3.63) is 59.7 Å². The third-order valence-corrected chi connectivity index (χ3v) is 7.53. The average molecular weight is 505 g/mol. The Kier molecular flexibility index (Phi) is 18.4. The molecule has 0 saturated heterocycles. The van der Waals surface area contributed by atoms with Crippen LogP contribution in [0.4, 0.5) is 0 Å². The van der Waals surface area contributed by atoms with Gasteiger partial charge in [0.15, 0.2) is 4.99 Å². The first-order valence-electron chi connectivity index (χ1n) is 7.75. The second kappa shape index (κ2) is 15.3. The maximum absolute atomic E-state index is 11.2. The molecule has 1 unspecified atom stereocenters. The Balaban J connectivity index is 0. The third kappa shape index (κ3) is 11.5. The Morgan fingerprint density at radius 3 is 1.71 bits per heavy atom. The van der Waals surface area contributed by atoms with Gasteiger partial charge in [0.25, 0.3) is 10.1 Å². The summed E-state index contributed by atoms with van der Waals surface area (Å²) < 4.78 is 42.4. The van der Waals surface area contributed by atoms with Crippen LogP contribution in [-0.2, 0) is 21.1 Å². The molecule has 6 nitrogen and oxygen atoms in total. The second-order valence-electron chi connectivity index (χ2n) is 6.01. The zero-order chi connectivity index (χ0) is 18.7. The first kappa shape index (κ1) is 33.6. The molecule has 11 heteroatoms. The van der Waals surface area contributed by atoms with Crippen LogP contribution in [0, 0.1) is 6.92 Å². The predicted octanol–water partition coefficient (Wildman–Crippen LogP) is 1.43. The van der Waals surface area contributed by atoms with Crippen LogP contribution < -0.4 is 0 Å². The van der Waals surface area contributed by atoms with Crippen molar-refractivity contribution in [2.45, 2.75) is 31.2 Å². The SMILES string of the molecule is Cc1ccc(-c2ccc(CCCC(P(=O)(O)O)S(=O)(=O)O)cc2)cc1.[KH].[KH].[KH]. The minimum atomic E-state index is -4.91. The average Bonchev–Trinajstić information content (AvgIpc) is 2.50. The van der Waals surface area contributed by atoms with Gasteiger partial charge in [-0.2, -0.15) is 8.42 Å². The number of aryl methyl sites for hydroxylation is 2. The summed E-state index contributed by atoms with van der Waals surface area (Å²) >= 11 is 0. The molecule has 0 bridgehead atoms. The van der Waals surface area contributed by atoms with Crippen molar-refractivity contribution in [1.82, 2.24) is 0 Å². The van der Waals surface area contributed by atoms with Gasteiger partial charge in [0.1, 0.15) is 0 Å². The Morgan fingerprint density at radius 1 is 0.893 bits per heavy atom. The van der Waals surface area contributed by atoms with Gasteiger partial charge in [0.2, 0.25) is 0 Å². The molecule has 0 radical (unpaired) electrons. The molecule has 0 heterocycles. The van der Waals surface area contributed by atoms with E-state index in [0.717, 1.165) is 16.7 Å². The number of hydrogen-bond donors (Lipinski definition) is 3. The molecule has 0 fully saturated rings. The van der Waals surface area contributed by atoms with Crippen molar-refractivity contribution in [2.24, 2.45) is 0 Å². The van der Waals surface area contributed by atoms with E-state index in [4.69, 9.17) is 14.3 Å². The van der Waals surface area contributed by atoms with Crippen LogP contribution >= 0.6 is 7.60 Å². The molecule has 0 aromatic heterocycles. The molecular formula is C17H24K3O6PS. The molecule has 2 aromatic rings. The molecule has 0 saturated carbocycles. The van der Waals surface area contributed by atoms with Gasteiger partial charge in [-0.15, -0.1) is 0 Å². The molecular weight excluding hydrogens is 481 g/mol. The van der Waals surface area contributed by atoms with Crippen molar-refractivity contribution in [3.63, 3.8) is 0 Å². The van der Waals surface area contributed by atoms with Gasteiger partial charge in [-0.1, -0.05) is 54.1 Å². The molecule has 0 aliphatic rings. The molecule has 1 atom stereocenters. The molecule has 142 valence electrons. The van der Waals surface area contributed by atoms with E-state index >= 15 is 0 Å². The van der Waals surface area contributed by atoms with Gasteiger partial charge >= 0.3 is 162 Å². The van der Waals surface area contributed by atoms with E-state index in [1.165, 1.54) is 5.56 Å². The van der Waals surface area contributed by atoms with Crippen molar-refractivity contribution in [1.29, 1.82) is 0 Å². The van der Waals surface area contributed by atoms with Crippen LogP contribution in [0.5, 0.6) is 0 Å². The zero-order valence-electron chi connectivity index (χ0n) is 13.7. The summed E-state index contributed by atoms with van der Waals surface area (Å²) in [5.74, 6) is 0. The topological polar surface area (TPSA) is 112 Å². The van der Waals surface area contributed by atoms with Crippen molar-refractivity contribution < 1.29 is 27.3 Å². The van der Waals surface area contributed by atoms with Gasteiger partial charge in [-0.05, 0) is 42.9 Å². The molecule has 0 amide bonds. The normalized spacial score (nSPS) is 12.1. The Morgan fingerprint density at radius 2 is 1.32 bits per heavy atom. The molecule has 3 N–H and O–H groups in total. The van der Waals surface area contributed by atoms with E-state index in [9.17, 15) is 13.0 Å². The quantitative estimate of drug-likeness (QED) is 0.299. The molecule has 0 aliphatic carbocycles. The zero-order valence-corrected chi connectivity index (χ0v) is 15.5. The fourth-order valence-corrected chi connectivity index (χ4v) is 4.95. The summed E-state index contributed by atoms with van der Waals surface area (Å²) in [6.45, 7) is 2.02. The van der Waals surface area contributed by atoms with Crippen molar-refractivity contribution in [3.8, 4) is 11.1 Å². The van der Waals surface area contributed by atoms with Gasteiger partial charge in [0, 0.05) is 0 Å². The van der Waals surface area contributed by atoms with E-state index in [2.05, 4.69) is 0 Å². The van der Waals surface area contributed by atoms with E-state index in [1.54, 1.807) is 0 Å². The molecule has 2 rings (SSSR count). The molecule has 28 heavy (non-hydrogen) atoms. The summed E-state index contributed by atoms with van der Waals surface area (Å²) in [5.41, 5.74) is 4.24. The third-order valence-electron chi connectivity index (χ3n) is 3.97. The molecule has 0 spiro atoms. The van der Waals surface area contributed by atoms with E-state index in [-0.39, 0.29) is 167 Å². The van der Waals surface area contributed by atoms with Crippen LogP contribution in [0.15, 0.2) is 48.5 Å². The van der Waals surface area contributed by atoms with Crippen LogP contribution in [0.2, 0.25) is 0 Å². The van der Waals surface area contributed by atoms with Crippen LogP contribution in [0.25, 0.3) is 11.1 Å². The number of benzene rings is 2. The summed E-state index contributed by atoms with van der Waals surface area (Å²) in [7, 11) is -9.70. The summed E-state index contributed by atoms with van der Waals surface area (Å²) in [6.07, 6.45) is 0.391. The fourth-order valence-electron chi connectivity index (χ4n) is 2.58. The van der Waals surface area contributed by atoms with Gasteiger partial charge in [0.05, 0.1) is 0 Å². The molecule has 0 aliphatic heterocycles. The minimum absolute atomic E-state index is 0. The fraction of sp³-hybridized carbons (Fsp3) is 0.294. The summed E-state index contributed by atoms with van der Waals surface area (Å²) in [4.78, 5) is 16.1. The standard InChI is InChI=1S/C17H21O6PS.3K.3H/c1-13-5-9-15(10-6-13)16-11-7-14(8-12-16)3-2-4-17(24(18,19)20)25(21,22)23;;;;;;/h5-12,17H,2-4H2,1H3,(H2,18,19,20)(H,21,22,23);;;;;;.